The first-order chi connectivity index (χ1) is 11.2. The van der Waals surface area contributed by atoms with E-state index in [2.05, 4.69) is 20.9 Å². The van der Waals surface area contributed by atoms with E-state index in [0.29, 0.717) is 12.1 Å². The number of piperidine rings is 1. The van der Waals surface area contributed by atoms with E-state index in [0.717, 1.165) is 32.0 Å². The molecule has 0 radical (unpaired) electrons. The number of rotatable bonds is 4. The van der Waals surface area contributed by atoms with Crippen molar-refractivity contribution in [3.05, 3.63) is 58.6 Å². The average molecular weight is 310 g/mol. The molecule has 120 valence electrons. The van der Waals surface area contributed by atoms with E-state index in [1.165, 1.54) is 12.0 Å². The molecule has 3 aliphatic rings. The number of aryl methyl sites for hydroxylation is 1. The van der Waals surface area contributed by atoms with Gasteiger partial charge in [0.25, 0.3) is 5.56 Å². The fourth-order valence-electron chi connectivity index (χ4n) is 3.81. The number of hydrogen-bond acceptors (Lipinski definition) is 4. The van der Waals surface area contributed by atoms with Crippen molar-refractivity contribution in [2.24, 2.45) is 0 Å². The van der Waals surface area contributed by atoms with Crippen molar-refractivity contribution in [3.8, 4) is 0 Å². The Balaban J connectivity index is 1.45. The summed E-state index contributed by atoms with van der Waals surface area (Å²) in [7, 11) is 0. The Morgan fingerprint density at radius 3 is 2.70 bits per heavy atom. The highest BCUT2D eigenvalue weighted by Gasteiger charge is 2.44. The number of fused-ring (bicyclic) bond motifs is 2. The van der Waals surface area contributed by atoms with Crippen molar-refractivity contribution in [1.82, 2.24) is 14.5 Å². The van der Waals surface area contributed by atoms with Crippen molar-refractivity contribution in [2.45, 2.75) is 38.5 Å². The van der Waals surface area contributed by atoms with Gasteiger partial charge in [-0.1, -0.05) is 12.1 Å². The third-order valence-corrected chi connectivity index (χ3v) is 5.07. The maximum absolute atomic E-state index is 11.7. The van der Waals surface area contributed by atoms with Gasteiger partial charge in [-0.25, -0.2) is 4.98 Å². The molecule has 0 amide bonds. The van der Waals surface area contributed by atoms with Crippen LogP contribution in [0.15, 0.2) is 47.5 Å². The lowest BCUT2D eigenvalue weighted by atomic mass is 9.87. The van der Waals surface area contributed by atoms with Gasteiger partial charge in [-0.3, -0.25) is 9.69 Å². The molecule has 5 heteroatoms. The predicted octanol–water partition coefficient (Wildman–Crippen LogP) is 1.73. The van der Waals surface area contributed by atoms with Gasteiger partial charge in [-0.2, -0.15) is 0 Å². The van der Waals surface area contributed by atoms with Gasteiger partial charge in [-0.05, 0) is 31.0 Å². The molecular formula is C18H22N4O. The lowest BCUT2D eigenvalue weighted by Crippen LogP contribution is -2.68. The normalized spacial score (nSPS) is 23.6. The van der Waals surface area contributed by atoms with Crippen molar-refractivity contribution < 1.29 is 0 Å². The fourth-order valence-corrected chi connectivity index (χ4v) is 3.81. The van der Waals surface area contributed by atoms with Crippen LogP contribution < -0.4 is 10.5 Å². The van der Waals surface area contributed by atoms with E-state index in [-0.39, 0.29) is 5.56 Å². The molecule has 5 rings (SSSR count). The summed E-state index contributed by atoms with van der Waals surface area (Å²) in [5.74, 6) is 1.08. The first-order valence-electron chi connectivity index (χ1n) is 8.35. The third-order valence-electron chi connectivity index (χ3n) is 5.07. The van der Waals surface area contributed by atoms with Gasteiger partial charge in [0.05, 0.1) is 0 Å². The molecule has 0 N–H and O–H groups in total. The summed E-state index contributed by atoms with van der Waals surface area (Å²) in [5.41, 5.74) is 1.31. The van der Waals surface area contributed by atoms with Crippen LogP contribution in [0, 0.1) is 0 Å². The summed E-state index contributed by atoms with van der Waals surface area (Å²) in [6, 6.07) is 11.0. The zero-order chi connectivity index (χ0) is 15.8. The van der Waals surface area contributed by atoms with E-state index in [1.807, 2.05) is 37.5 Å². The first kappa shape index (κ1) is 14.5. The maximum atomic E-state index is 11.7. The molecule has 2 atom stereocenters. The molecule has 2 unspecified atom stereocenters. The van der Waals surface area contributed by atoms with Crippen molar-refractivity contribution in [2.75, 3.05) is 18.0 Å². The van der Waals surface area contributed by atoms with Gasteiger partial charge >= 0.3 is 0 Å². The van der Waals surface area contributed by atoms with E-state index < -0.39 is 0 Å². The van der Waals surface area contributed by atoms with E-state index in [4.69, 9.17) is 0 Å². The number of hydrogen-bond donors (Lipinski definition) is 0. The van der Waals surface area contributed by atoms with Gasteiger partial charge in [0.2, 0.25) is 0 Å². The first-order valence-corrected chi connectivity index (χ1v) is 8.35. The molecule has 5 nitrogen and oxygen atoms in total. The minimum Gasteiger partial charge on any atom is -0.353 e. The Labute approximate surface area is 136 Å². The third kappa shape index (κ3) is 2.65. The highest BCUT2D eigenvalue weighted by atomic mass is 16.1. The van der Waals surface area contributed by atoms with Gasteiger partial charge in [0, 0.05) is 56.7 Å². The van der Waals surface area contributed by atoms with Crippen LogP contribution in [0.3, 0.4) is 0 Å². The van der Waals surface area contributed by atoms with Crippen molar-refractivity contribution >= 4 is 5.82 Å². The minimum absolute atomic E-state index is 0.0846. The Bertz CT molecular complexity index is 730. The molecule has 0 aliphatic carbocycles. The Morgan fingerprint density at radius 1 is 1.17 bits per heavy atom. The summed E-state index contributed by atoms with van der Waals surface area (Å²) in [6.07, 6.45) is 5.14. The van der Waals surface area contributed by atoms with Gasteiger partial charge in [0.1, 0.15) is 5.82 Å². The van der Waals surface area contributed by atoms with Crippen LogP contribution in [0.25, 0.3) is 0 Å². The summed E-state index contributed by atoms with van der Waals surface area (Å²) in [6.45, 7) is 5.76. The maximum Gasteiger partial charge on any atom is 0.250 e. The molecule has 3 saturated heterocycles. The fraction of sp³-hybridized carbons (Fsp3) is 0.444. The Hall–Kier alpha value is -2.14. The molecule has 2 bridgehead atoms. The SMILES string of the molecule is CCn1cc(CN2C3CC2CN(c2ccccn2)C3)ccc1=O. The lowest BCUT2D eigenvalue weighted by molar-refractivity contribution is -0.00883. The zero-order valence-electron chi connectivity index (χ0n) is 13.4. The quantitative estimate of drug-likeness (QED) is 0.862. The van der Waals surface area contributed by atoms with E-state index >= 15 is 0 Å². The number of anilines is 1. The van der Waals surface area contributed by atoms with E-state index in [9.17, 15) is 4.79 Å². The molecule has 0 spiro atoms. The second-order valence-corrected chi connectivity index (χ2v) is 6.47. The number of piperazine rings is 1. The largest absolute Gasteiger partial charge is 0.353 e. The van der Waals surface area contributed by atoms with Gasteiger partial charge in [0.15, 0.2) is 0 Å². The van der Waals surface area contributed by atoms with Gasteiger partial charge in [-0.15, -0.1) is 0 Å². The minimum atomic E-state index is 0.0846. The number of nitrogens with zero attached hydrogens (tertiary/aromatic N) is 4. The molecule has 3 aliphatic heterocycles. The van der Waals surface area contributed by atoms with Crippen molar-refractivity contribution in [1.29, 1.82) is 0 Å². The number of pyridine rings is 2. The topological polar surface area (TPSA) is 41.4 Å². The standard InChI is InChI=1S/C18H22N4O/c1-2-20-10-14(6-7-18(20)23)11-22-15-9-16(22)13-21(12-15)17-5-3-4-8-19-17/h3-8,10,15-16H,2,9,11-13H2,1H3. The summed E-state index contributed by atoms with van der Waals surface area (Å²) in [4.78, 5) is 21.1. The van der Waals surface area contributed by atoms with Crippen LogP contribution in [-0.2, 0) is 13.1 Å². The summed E-state index contributed by atoms with van der Waals surface area (Å²) >= 11 is 0. The molecule has 0 aromatic carbocycles. The van der Waals surface area contributed by atoms with E-state index in [1.54, 1.807) is 10.6 Å². The lowest BCUT2D eigenvalue weighted by Gasteiger charge is -2.56. The van der Waals surface area contributed by atoms with Gasteiger partial charge < -0.3 is 9.47 Å². The highest BCUT2D eigenvalue weighted by molar-refractivity contribution is 5.40. The van der Waals surface area contributed by atoms with Crippen LogP contribution >= 0.6 is 0 Å². The Morgan fingerprint density at radius 2 is 2.00 bits per heavy atom. The van der Waals surface area contributed by atoms with Crippen LogP contribution in [0.4, 0.5) is 5.82 Å². The molecule has 2 aromatic rings. The molecule has 0 saturated carbocycles. The molecule has 5 heterocycles. The predicted molar refractivity (Wildman–Crippen MR) is 90.6 cm³/mol. The second-order valence-electron chi connectivity index (χ2n) is 6.47. The smallest absolute Gasteiger partial charge is 0.250 e. The number of aromatic nitrogens is 2. The van der Waals surface area contributed by atoms with Crippen LogP contribution in [0.5, 0.6) is 0 Å². The highest BCUT2D eigenvalue weighted by Crippen LogP contribution is 2.35. The molecule has 23 heavy (non-hydrogen) atoms. The van der Waals surface area contributed by atoms with Crippen molar-refractivity contribution in [3.63, 3.8) is 0 Å². The summed E-state index contributed by atoms with van der Waals surface area (Å²) in [5, 5.41) is 0. The second kappa shape index (κ2) is 5.81. The molecule has 2 aromatic heterocycles. The monoisotopic (exact) mass is 310 g/mol. The van der Waals surface area contributed by atoms with Crippen LogP contribution in [-0.4, -0.2) is 39.6 Å². The van der Waals surface area contributed by atoms with Crippen LogP contribution in [0.1, 0.15) is 18.9 Å². The Kier molecular flexibility index (Phi) is 3.65. The van der Waals surface area contributed by atoms with Crippen LogP contribution in [0.2, 0.25) is 0 Å². The summed E-state index contributed by atoms with van der Waals surface area (Å²) < 4.78 is 1.78. The zero-order valence-corrected chi connectivity index (χ0v) is 13.4. The molecular weight excluding hydrogens is 288 g/mol. The average Bonchev–Trinajstić information content (AvgIpc) is 2.61. The molecule has 3 fully saturated rings.